The number of anilines is 12. The lowest BCUT2D eigenvalue weighted by atomic mass is 9.68. The molecule has 0 aromatic heterocycles. The van der Waals surface area contributed by atoms with Crippen molar-refractivity contribution in [2.24, 2.45) is 0 Å². The van der Waals surface area contributed by atoms with Crippen LogP contribution in [0.1, 0.15) is 55.6 Å². The van der Waals surface area contributed by atoms with Gasteiger partial charge in [-0.05, 0) is 296 Å². The molecule has 0 saturated heterocycles. The topological polar surface area (TPSA) is 13.0 Å². The van der Waals surface area contributed by atoms with Crippen LogP contribution in [0.2, 0.25) is 39.3 Å². The minimum absolute atomic E-state index is 0.527. The Bertz CT molecular complexity index is 7750. The number of hydrogen-bond acceptors (Lipinski definition) is 4. The van der Waals surface area contributed by atoms with Crippen LogP contribution in [0.25, 0.3) is 87.6 Å². The van der Waals surface area contributed by atoms with E-state index < -0.39 is 27.0 Å². The highest BCUT2D eigenvalue weighted by atomic mass is 28.3. The summed E-state index contributed by atoms with van der Waals surface area (Å²) < 4.78 is 0. The molecular formula is C122H96N4Si2. The number of rotatable bonds is 14. The van der Waals surface area contributed by atoms with Crippen molar-refractivity contribution in [3.63, 3.8) is 0 Å². The predicted molar refractivity (Wildman–Crippen MR) is 550 cm³/mol. The first-order valence-electron chi connectivity index (χ1n) is 45.0. The summed E-state index contributed by atoms with van der Waals surface area (Å²) in [4.78, 5) is 9.70. The third kappa shape index (κ3) is 12.3. The van der Waals surface area contributed by atoms with E-state index in [0.29, 0.717) is 0 Å². The van der Waals surface area contributed by atoms with Crippen LogP contribution in [-0.4, -0.2) is 16.1 Å². The lowest BCUT2D eigenvalue weighted by Gasteiger charge is -2.33. The van der Waals surface area contributed by atoms with Crippen LogP contribution in [0, 0.1) is 13.8 Å². The van der Waals surface area contributed by atoms with E-state index in [1.165, 1.54) is 171 Å². The fraction of sp³-hybridized carbons (Fsp3) is 0.0820. The van der Waals surface area contributed by atoms with E-state index in [1.807, 2.05) is 0 Å². The Morgan fingerprint density at radius 1 is 0.195 bits per heavy atom. The van der Waals surface area contributed by atoms with E-state index in [-0.39, 0.29) is 0 Å². The van der Waals surface area contributed by atoms with Crippen LogP contribution in [0.4, 0.5) is 68.2 Å². The molecule has 0 amide bonds. The van der Waals surface area contributed by atoms with Crippen LogP contribution in [0.5, 0.6) is 0 Å². The van der Waals surface area contributed by atoms with Crippen molar-refractivity contribution in [2.75, 3.05) is 19.6 Å². The van der Waals surface area contributed by atoms with E-state index in [2.05, 4.69) is 510 Å². The molecule has 24 rings (SSSR count). The van der Waals surface area contributed by atoms with E-state index in [4.69, 9.17) is 0 Å². The van der Waals surface area contributed by atoms with Gasteiger partial charge in [-0.2, -0.15) is 0 Å². The molecule has 0 radical (unpaired) electrons. The van der Waals surface area contributed by atoms with Crippen molar-refractivity contribution in [1.29, 1.82) is 0 Å². The summed E-state index contributed by atoms with van der Waals surface area (Å²) in [5, 5.41) is 13.0. The lowest BCUT2D eigenvalue weighted by molar-refractivity contribution is 0.809. The highest BCUT2D eigenvalue weighted by Gasteiger charge is 2.55. The molecule has 128 heavy (non-hydrogen) atoms. The fourth-order valence-electron chi connectivity index (χ4n) is 22.2. The highest BCUT2D eigenvalue weighted by Crippen LogP contribution is 2.68. The van der Waals surface area contributed by atoms with Crippen molar-refractivity contribution in [3.8, 4) is 44.5 Å². The first-order chi connectivity index (χ1) is 62.6. The first-order valence-corrected chi connectivity index (χ1v) is 52.0. The van der Waals surface area contributed by atoms with Gasteiger partial charge in [-0.3, -0.25) is 0 Å². The molecule has 4 nitrogen and oxygen atoms in total. The second kappa shape index (κ2) is 30.5. The number of benzene rings is 20. The minimum atomic E-state index is -1.71. The van der Waals surface area contributed by atoms with Gasteiger partial charge >= 0.3 is 0 Å². The lowest BCUT2D eigenvalue weighted by Crippen LogP contribution is -2.40. The zero-order valence-corrected chi connectivity index (χ0v) is 75.4. The molecule has 20 aromatic rings. The molecule has 0 saturated carbocycles. The summed E-state index contributed by atoms with van der Waals surface area (Å²) in [6.45, 7) is 19.0. The van der Waals surface area contributed by atoms with Crippen LogP contribution < -0.4 is 30.0 Å². The van der Waals surface area contributed by atoms with Crippen molar-refractivity contribution in [2.45, 2.75) is 64.0 Å². The normalized spacial score (nSPS) is 13.1. The molecule has 0 heterocycles. The SMILES string of the molecule is Cc1cccc(N(c2ccccc2)c2ccc3c4c(ccc3c2)-c2ccc3cc(N(c5ccccc5)c5cccc([Si](C)(C)C)c5)ccc3c2C42c3ccccc3-c3ccccc32)c1.Cc1ccccc1N(c1ccccc1)c1ccc2c3c(ccc2c1)-c1ccc2cc(N(c4ccccc4)c4ccccc4[Si](C)(C)C)ccc2c1C31c2ccccc2-c2ccccc21. The maximum Gasteiger partial charge on any atom is 0.0803 e. The summed E-state index contributed by atoms with van der Waals surface area (Å²) >= 11 is 0. The van der Waals surface area contributed by atoms with E-state index in [9.17, 15) is 0 Å². The standard InChI is InChI=1S/2C61H48N2Si/c1-41-19-11-16-28-56(41)62(44-20-7-5-8-21-44)46-33-37-48-42(39-46)31-35-52-53-36-32-43-40-47(63(45-22-9-6-10-23-45)57-29-17-18-30-58(57)64(2,3)4)34-38-49(43)60(53)61(59(48)52)54-26-14-12-24-50(54)51-25-13-15-27-55(51)61;1-41-17-15-22-46(37-41)62(44-18-7-5-8-19-44)48-31-35-51-42(38-48)29-33-55-56-34-30-43-39-49(63(45-20-9-6-10-21-45)47-23-16-24-50(40-47)64(2,3)4)32-36-52(43)60(56)61(59(51)55)57-27-13-11-25-53(57)54-26-12-14-28-58(54)61/h2*5-40H,1-4H3. The monoisotopic (exact) mass is 1670 g/mol. The summed E-state index contributed by atoms with van der Waals surface area (Å²) in [6, 6.07) is 163. The average Bonchev–Trinajstić information content (AvgIpc) is 1.50. The largest absolute Gasteiger partial charge is 0.311 e. The zero-order valence-electron chi connectivity index (χ0n) is 73.4. The molecule has 6 heteroatoms. The predicted octanol–water partition coefficient (Wildman–Crippen LogP) is 32.3. The van der Waals surface area contributed by atoms with Gasteiger partial charge < -0.3 is 19.6 Å². The first kappa shape index (κ1) is 77.8. The van der Waals surface area contributed by atoms with Crippen LogP contribution in [0.15, 0.2) is 437 Å². The molecule has 4 aliphatic rings. The molecule has 4 aliphatic carbocycles. The van der Waals surface area contributed by atoms with Gasteiger partial charge in [-0.1, -0.05) is 348 Å². The van der Waals surface area contributed by atoms with Gasteiger partial charge in [-0.25, -0.2) is 0 Å². The number of para-hydroxylation sites is 6. The number of hydrogen-bond donors (Lipinski definition) is 0. The molecular weight excluding hydrogens is 1580 g/mol. The van der Waals surface area contributed by atoms with Gasteiger partial charge in [0, 0.05) is 68.2 Å². The Balaban J connectivity index is 0.000000146. The summed E-state index contributed by atoms with van der Waals surface area (Å²) in [5.41, 5.74) is 36.7. The Kier molecular flexibility index (Phi) is 18.5. The van der Waals surface area contributed by atoms with Gasteiger partial charge in [0.15, 0.2) is 0 Å². The van der Waals surface area contributed by atoms with E-state index in [1.54, 1.807) is 0 Å². The van der Waals surface area contributed by atoms with Crippen LogP contribution in [-0.2, 0) is 10.8 Å². The van der Waals surface area contributed by atoms with Crippen molar-refractivity contribution >= 4 is 138 Å². The molecule has 20 aromatic carbocycles. The third-order valence-electron chi connectivity index (χ3n) is 27.6. The summed E-state index contributed by atoms with van der Waals surface area (Å²) in [7, 11) is -3.28. The zero-order chi connectivity index (χ0) is 86.3. The maximum atomic E-state index is 2.48. The molecule has 0 fully saturated rings. The van der Waals surface area contributed by atoms with Gasteiger partial charge in [0.1, 0.15) is 0 Å². The van der Waals surface area contributed by atoms with Gasteiger partial charge in [-0.15, -0.1) is 0 Å². The molecule has 0 bridgehead atoms. The second-order valence-corrected chi connectivity index (χ2v) is 47.2. The number of aryl methyl sites for hydroxylation is 2. The van der Waals surface area contributed by atoms with Crippen molar-refractivity contribution < 1.29 is 0 Å². The molecule has 0 aliphatic heterocycles. The summed E-state index contributed by atoms with van der Waals surface area (Å²) in [6.07, 6.45) is 0. The molecule has 0 atom stereocenters. The second-order valence-electron chi connectivity index (χ2n) is 37.1. The Labute approximate surface area is 752 Å². The average molecular weight is 1670 g/mol. The molecule has 0 unspecified atom stereocenters. The Morgan fingerprint density at radius 2 is 0.484 bits per heavy atom. The van der Waals surface area contributed by atoms with Crippen LogP contribution >= 0.6 is 0 Å². The van der Waals surface area contributed by atoms with E-state index >= 15 is 0 Å². The van der Waals surface area contributed by atoms with Gasteiger partial charge in [0.25, 0.3) is 0 Å². The number of nitrogens with zero attached hydrogens (tertiary/aromatic N) is 4. The van der Waals surface area contributed by atoms with Crippen molar-refractivity contribution in [1.82, 2.24) is 0 Å². The Morgan fingerprint density at radius 3 is 0.844 bits per heavy atom. The minimum Gasteiger partial charge on any atom is -0.311 e. The highest BCUT2D eigenvalue weighted by molar-refractivity contribution is 6.90. The van der Waals surface area contributed by atoms with E-state index in [0.717, 1.165) is 51.2 Å². The Hall–Kier alpha value is -14.9. The number of fused-ring (bicyclic) bond motifs is 28. The van der Waals surface area contributed by atoms with Crippen LogP contribution in [0.3, 0.4) is 0 Å². The molecule has 0 N–H and O–H groups in total. The fourth-order valence-corrected chi connectivity index (χ4v) is 24.9. The van der Waals surface area contributed by atoms with Gasteiger partial charge in [0.2, 0.25) is 0 Å². The quantitative estimate of drug-likeness (QED) is 0.101. The van der Waals surface area contributed by atoms with Crippen molar-refractivity contribution in [3.05, 3.63) is 492 Å². The smallest absolute Gasteiger partial charge is 0.0803 e. The van der Waals surface area contributed by atoms with Gasteiger partial charge in [0.05, 0.1) is 27.0 Å². The summed E-state index contributed by atoms with van der Waals surface area (Å²) in [5.74, 6) is 0. The third-order valence-corrected chi connectivity index (χ3v) is 31.7. The maximum absolute atomic E-state index is 2.48. The molecule has 612 valence electrons. The molecule has 2 spiro atoms.